The molecule has 0 spiro atoms. The van der Waals surface area contributed by atoms with Gasteiger partial charge in [-0.3, -0.25) is 0 Å². The van der Waals surface area contributed by atoms with E-state index in [-0.39, 0.29) is 0 Å². The molecule has 1 aliphatic rings. The molecule has 1 fully saturated rings. The minimum Gasteiger partial charge on any atom is -0.370 e. The Morgan fingerprint density at radius 2 is 1.88 bits per heavy atom. The molecule has 0 aliphatic carbocycles. The van der Waals surface area contributed by atoms with Gasteiger partial charge in [0.2, 0.25) is 0 Å². The molecule has 3 unspecified atom stereocenters. The summed E-state index contributed by atoms with van der Waals surface area (Å²) in [5, 5.41) is 0. The van der Waals surface area contributed by atoms with E-state index in [1.54, 1.807) is 0 Å². The Morgan fingerprint density at radius 3 is 2.38 bits per heavy atom. The second-order valence-corrected chi connectivity index (χ2v) is 5.01. The summed E-state index contributed by atoms with van der Waals surface area (Å²) in [5.74, 6) is 0.616. The lowest BCUT2D eigenvalue weighted by atomic mass is 9.94. The Labute approximate surface area is 98.8 Å². The highest BCUT2D eigenvalue weighted by Crippen LogP contribution is 2.32. The summed E-state index contributed by atoms with van der Waals surface area (Å²) in [5.41, 5.74) is 2.90. The lowest BCUT2D eigenvalue weighted by Crippen LogP contribution is -2.00. The first-order valence-corrected chi connectivity index (χ1v) is 6.45. The molecular formula is C15H22O. The number of aryl methyl sites for hydroxylation is 1. The van der Waals surface area contributed by atoms with Gasteiger partial charge < -0.3 is 4.74 Å². The Balaban J connectivity index is 1.92. The van der Waals surface area contributed by atoms with Crippen LogP contribution in [0.4, 0.5) is 0 Å². The highest BCUT2D eigenvalue weighted by atomic mass is 16.6. The monoisotopic (exact) mass is 218 g/mol. The van der Waals surface area contributed by atoms with E-state index in [9.17, 15) is 0 Å². The largest absolute Gasteiger partial charge is 0.370 e. The van der Waals surface area contributed by atoms with Gasteiger partial charge in [-0.1, -0.05) is 44.5 Å². The molecule has 1 aromatic carbocycles. The van der Waals surface area contributed by atoms with Crippen LogP contribution < -0.4 is 0 Å². The third-order valence-electron chi connectivity index (χ3n) is 3.51. The fourth-order valence-electron chi connectivity index (χ4n) is 2.26. The number of hydrogen-bond donors (Lipinski definition) is 0. The topological polar surface area (TPSA) is 12.5 Å². The molecule has 16 heavy (non-hydrogen) atoms. The molecule has 3 atom stereocenters. The molecule has 1 heteroatoms. The number of rotatable bonds is 5. The van der Waals surface area contributed by atoms with Crippen LogP contribution >= 0.6 is 0 Å². The number of epoxide rings is 1. The van der Waals surface area contributed by atoms with Crippen LogP contribution in [-0.2, 0) is 11.2 Å². The van der Waals surface area contributed by atoms with Crippen LogP contribution in [0.1, 0.15) is 50.7 Å². The van der Waals surface area contributed by atoms with Gasteiger partial charge in [0.05, 0.1) is 12.2 Å². The maximum absolute atomic E-state index is 5.47. The molecule has 1 nitrogen and oxygen atoms in total. The van der Waals surface area contributed by atoms with E-state index in [4.69, 9.17) is 4.74 Å². The van der Waals surface area contributed by atoms with Crippen LogP contribution in [0.3, 0.4) is 0 Å². The lowest BCUT2D eigenvalue weighted by Gasteiger charge is -2.11. The van der Waals surface area contributed by atoms with Crippen molar-refractivity contribution in [2.24, 2.45) is 0 Å². The minimum atomic E-state index is 0.488. The van der Waals surface area contributed by atoms with E-state index in [1.807, 2.05) is 0 Å². The Morgan fingerprint density at radius 1 is 1.25 bits per heavy atom. The van der Waals surface area contributed by atoms with Crippen molar-refractivity contribution < 1.29 is 4.74 Å². The fraction of sp³-hybridized carbons (Fsp3) is 0.600. The number of ether oxygens (including phenoxy) is 1. The Bertz CT molecular complexity index is 328. The van der Waals surface area contributed by atoms with E-state index in [0.29, 0.717) is 18.1 Å². The van der Waals surface area contributed by atoms with Crippen molar-refractivity contribution in [3.05, 3.63) is 35.4 Å². The van der Waals surface area contributed by atoms with Crippen molar-refractivity contribution in [1.29, 1.82) is 0 Å². The van der Waals surface area contributed by atoms with Gasteiger partial charge in [-0.05, 0) is 36.8 Å². The Kier molecular flexibility index (Phi) is 3.65. The summed E-state index contributed by atoms with van der Waals surface area (Å²) in [6.07, 6.45) is 4.57. The maximum Gasteiger partial charge on any atom is 0.0844 e. The van der Waals surface area contributed by atoms with E-state index in [1.165, 1.54) is 24.0 Å². The fourth-order valence-corrected chi connectivity index (χ4v) is 2.26. The minimum absolute atomic E-state index is 0.488. The zero-order chi connectivity index (χ0) is 11.5. The standard InChI is InChI=1S/C15H22O/c1-4-5-13-6-8-14(9-7-13)11(2)10-15-12(3)16-15/h6-9,11-12,15H,4-5,10H2,1-3H3. The summed E-state index contributed by atoms with van der Waals surface area (Å²) >= 11 is 0. The van der Waals surface area contributed by atoms with E-state index < -0.39 is 0 Å². The van der Waals surface area contributed by atoms with Crippen molar-refractivity contribution in [2.75, 3.05) is 0 Å². The highest BCUT2D eigenvalue weighted by Gasteiger charge is 2.35. The van der Waals surface area contributed by atoms with Crippen molar-refractivity contribution in [3.8, 4) is 0 Å². The molecule has 1 saturated heterocycles. The van der Waals surface area contributed by atoms with Crippen LogP contribution in [0.2, 0.25) is 0 Å². The summed E-state index contributed by atoms with van der Waals surface area (Å²) < 4.78 is 5.47. The third kappa shape index (κ3) is 2.85. The molecule has 0 bridgehead atoms. The van der Waals surface area contributed by atoms with Gasteiger partial charge in [0.15, 0.2) is 0 Å². The molecule has 0 N–H and O–H groups in total. The van der Waals surface area contributed by atoms with Crippen LogP contribution in [-0.4, -0.2) is 12.2 Å². The molecule has 0 amide bonds. The first kappa shape index (κ1) is 11.7. The normalized spacial score (nSPS) is 25.4. The molecule has 2 rings (SSSR count). The molecule has 88 valence electrons. The van der Waals surface area contributed by atoms with Gasteiger partial charge >= 0.3 is 0 Å². The molecule has 0 radical (unpaired) electrons. The molecule has 0 saturated carbocycles. The van der Waals surface area contributed by atoms with Gasteiger partial charge in [0.1, 0.15) is 0 Å². The van der Waals surface area contributed by atoms with Crippen LogP contribution in [0.15, 0.2) is 24.3 Å². The Hall–Kier alpha value is -0.820. The lowest BCUT2D eigenvalue weighted by molar-refractivity contribution is 0.362. The second-order valence-electron chi connectivity index (χ2n) is 5.01. The quantitative estimate of drug-likeness (QED) is 0.682. The third-order valence-corrected chi connectivity index (χ3v) is 3.51. The van der Waals surface area contributed by atoms with E-state index in [2.05, 4.69) is 45.0 Å². The summed E-state index contributed by atoms with van der Waals surface area (Å²) in [7, 11) is 0. The van der Waals surface area contributed by atoms with E-state index >= 15 is 0 Å². The van der Waals surface area contributed by atoms with Crippen molar-refractivity contribution in [2.45, 2.75) is 58.2 Å². The summed E-state index contributed by atoms with van der Waals surface area (Å²) in [4.78, 5) is 0. The summed E-state index contributed by atoms with van der Waals surface area (Å²) in [6, 6.07) is 9.10. The van der Waals surface area contributed by atoms with E-state index in [0.717, 1.165) is 6.42 Å². The SMILES string of the molecule is CCCc1ccc(C(C)CC2OC2C)cc1. The second kappa shape index (κ2) is 5.01. The van der Waals surface area contributed by atoms with Crippen molar-refractivity contribution in [1.82, 2.24) is 0 Å². The molecule has 1 heterocycles. The molecule has 0 aromatic heterocycles. The van der Waals surface area contributed by atoms with Crippen molar-refractivity contribution in [3.63, 3.8) is 0 Å². The zero-order valence-corrected chi connectivity index (χ0v) is 10.6. The van der Waals surface area contributed by atoms with Gasteiger partial charge in [-0.2, -0.15) is 0 Å². The average Bonchev–Trinajstić information content (AvgIpc) is 2.95. The van der Waals surface area contributed by atoms with Crippen molar-refractivity contribution >= 4 is 0 Å². The predicted octanol–water partition coefficient (Wildman–Crippen LogP) is 3.92. The average molecular weight is 218 g/mol. The molecular weight excluding hydrogens is 196 g/mol. The van der Waals surface area contributed by atoms with Gasteiger partial charge in [0, 0.05) is 0 Å². The van der Waals surface area contributed by atoms with Gasteiger partial charge in [-0.25, -0.2) is 0 Å². The number of hydrogen-bond acceptors (Lipinski definition) is 1. The zero-order valence-electron chi connectivity index (χ0n) is 10.6. The predicted molar refractivity (Wildman–Crippen MR) is 67.8 cm³/mol. The van der Waals surface area contributed by atoms with Gasteiger partial charge in [0.25, 0.3) is 0 Å². The smallest absolute Gasteiger partial charge is 0.0844 e. The van der Waals surface area contributed by atoms with Gasteiger partial charge in [-0.15, -0.1) is 0 Å². The summed E-state index contributed by atoms with van der Waals surface area (Å²) in [6.45, 7) is 6.67. The van der Waals surface area contributed by atoms with Crippen LogP contribution in [0, 0.1) is 0 Å². The van der Waals surface area contributed by atoms with Crippen LogP contribution in [0.25, 0.3) is 0 Å². The number of benzene rings is 1. The first-order chi connectivity index (χ1) is 7.70. The first-order valence-electron chi connectivity index (χ1n) is 6.45. The highest BCUT2D eigenvalue weighted by molar-refractivity contribution is 5.25. The maximum atomic E-state index is 5.47. The van der Waals surface area contributed by atoms with Crippen LogP contribution in [0.5, 0.6) is 0 Å². The molecule has 1 aromatic rings. The molecule has 1 aliphatic heterocycles.